The predicted molar refractivity (Wildman–Crippen MR) is 77.7 cm³/mol. The Morgan fingerprint density at radius 3 is 2.95 bits per heavy atom. The zero-order valence-electron chi connectivity index (χ0n) is 11.1. The number of carbonyl (C=O) groups is 1. The Labute approximate surface area is 121 Å². The molecule has 1 unspecified atom stereocenters. The summed E-state index contributed by atoms with van der Waals surface area (Å²) in [4.78, 5) is 20.6. The van der Waals surface area contributed by atoms with Gasteiger partial charge in [-0.25, -0.2) is 10.8 Å². The van der Waals surface area contributed by atoms with Crippen molar-refractivity contribution < 1.29 is 4.79 Å². The molecule has 1 aromatic heterocycles. The maximum absolute atomic E-state index is 12.5. The summed E-state index contributed by atoms with van der Waals surface area (Å²) < 4.78 is 0.762. The zero-order valence-corrected chi connectivity index (χ0v) is 12.6. The number of nitrogens with zero attached hydrogens (tertiary/aromatic N) is 3. The Morgan fingerprint density at radius 1 is 1.63 bits per heavy atom. The average molecular weight is 328 g/mol. The van der Waals surface area contributed by atoms with Crippen molar-refractivity contribution in [3.05, 3.63) is 22.3 Å². The summed E-state index contributed by atoms with van der Waals surface area (Å²) in [6.45, 7) is 1.50. The maximum Gasteiger partial charge on any atom is 0.257 e. The van der Waals surface area contributed by atoms with E-state index in [4.69, 9.17) is 5.84 Å². The number of rotatable bonds is 3. The molecular formula is C12H18BrN5O. The fourth-order valence-corrected chi connectivity index (χ4v) is 2.57. The number of nitrogens with two attached hydrogens (primary N) is 1. The Morgan fingerprint density at radius 2 is 2.37 bits per heavy atom. The highest BCUT2D eigenvalue weighted by molar-refractivity contribution is 9.10. The van der Waals surface area contributed by atoms with Gasteiger partial charge in [-0.15, -0.1) is 0 Å². The number of nitrogen functional groups attached to an aromatic ring is 1. The Kier molecular flexibility index (Phi) is 4.38. The molecule has 2 heterocycles. The molecule has 0 bridgehead atoms. The SMILES string of the molecule is CN(C)C1CCN(C(=O)c2cc(Br)cnc2NN)C1. The summed E-state index contributed by atoms with van der Waals surface area (Å²) in [6, 6.07) is 2.16. The molecule has 1 aliphatic heterocycles. The Hall–Kier alpha value is -1.18. The number of hydrazine groups is 1. The third-order valence-corrected chi connectivity index (χ3v) is 3.84. The largest absolute Gasteiger partial charge is 0.337 e. The first kappa shape index (κ1) is 14.2. The second-order valence-corrected chi connectivity index (χ2v) is 5.77. The van der Waals surface area contributed by atoms with Crippen molar-refractivity contribution >= 4 is 27.7 Å². The van der Waals surface area contributed by atoms with Gasteiger partial charge in [0.2, 0.25) is 0 Å². The number of halogens is 1. The van der Waals surface area contributed by atoms with Crippen molar-refractivity contribution in [3.63, 3.8) is 0 Å². The number of hydrogen-bond acceptors (Lipinski definition) is 5. The summed E-state index contributed by atoms with van der Waals surface area (Å²) >= 11 is 3.33. The van der Waals surface area contributed by atoms with Crippen LogP contribution in [0.15, 0.2) is 16.7 Å². The van der Waals surface area contributed by atoms with Crippen molar-refractivity contribution in [2.75, 3.05) is 32.6 Å². The first-order valence-electron chi connectivity index (χ1n) is 6.10. The van der Waals surface area contributed by atoms with Gasteiger partial charge < -0.3 is 15.2 Å². The van der Waals surface area contributed by atoms with E-state index < -0.39 is 0 Å². The number of likely N-dealkylation sites (tertiary alicyclic amines) is 1. The van der Waals surface area contributed by atoms with E-state index in [9.17, 15) is 4.79 Å². The molecule has 1 saturated heterocycles. The molecule has 6 nitrogen and oxygen atoms in total. The quantitative estimate of drug-likeness (QED) is 0.637. The maximum atomic E-state index is 12.5. The van der Waals surface area contributed by atoms with Crippen molar-refractivity contribution in [1.29, 1.82) is 0 Å². The Balaban J connectivity index is 2.19. The highest BCUT2D eigenvalue weighted by Crippen LogP contribution is 2.22. The summed E-state index contributed by atoms with van der Waals surface area (Å²) in [6.07, 6.45) is 2.60. The van der Waals surface area contributed by atoms with Gasteiger partial charge in [-0.3, -0.25) is 4.79 Å². The number of carbonyl (C=O) groups excluding carboxylic acids is 1. The van der Waals surface area contributed by atoms with Crippen LogP contribution in [0.3, 0.4) is 0 Å². The lowest BCUT2D eigenvalue weighted by Crippen LogP contribution is -2.35. The van der Waals surface area contributed by atoms with E-state index in [1.807, 2.05) is 19.0 Å². The van der Waals surface area contributed by atoms with Gasteiger partial charge in [-0.2, -0.15) is 0 Å². The van der Waals surface area contributed by atoms with E-state index >= 15 is 0 Å². The molecule has 0 aliphatic carbocycles. The number of nitrogens with one attached hydrogen (secondary N) is 1. The van der Waals surface area contributed by atoms with Crippen LogP contribution < -0.4 is 11.3 Å². The van der Waals surface area contributed by atoms with E-state index in [-0.39, 0.29) is 5.91 Å². The minimum atomic E-state index is -0.0360. The summed E-state index contributed by atoms with van der Waals surface area (Å²) in [5, 5.41) is 0. The van der Waals surface area contributed by atoms with Gasteiger partial charge in [0.1, 0.15) is 0 Å². The molecule has 104 valence electrons. The summed E-state index contributed by atoms with van der Waals surface area (Å²) in [7, 11) is 4.07. The molecular weight excluding hydrogens is 310 g/mol. The van der Waals surface area contributed by atoms with E-state index in [0.29, 0.717) is 17.4 Å². The fraction of sp³-hybridized carbons (Fsp3) is 0.500. The van der Waals surface area contributed by atoms with E-state index in [2.05, 4.69) is 31.2 Å². The van der Waals surface area contributed by atoms with E-state index in [1.165, 1.54) is 0 Å². The molecule has 1 fully saturated rings. The molecule has 19 heavy (non-hydrogen) atoms. The van der Waals surface area contributed by atoms with Gasteiger partial charge in [0.05, 0.1) is 5.56 Å². The number of amides is 1. The lowest BCUT2D eigenvalue weighted by molar-refractivity contribution is 0.0783. The smallest absolute Gasteiger partial charge is 0.257 e. The van der Waals surface area contributed by atoms with Crippen LogP contribution in [0.2, 0.25) is 0 Å². The van der Waals surface area contributed by atoms with Crippen LogP contribution in [-0.2, 0) is 0 Å². The predicted octanol–water partition coefficient (Wildman–Crippen LogP) is 0.906. The first-order chi connectivity index (χ1) is 9.02. The zero-order chi connectivity index (χ0) is 14.0. The average Bonchev–Trinajstić information content (AvgIpc) is 2.87. The Bertz CT molecular complexity index is 479. The fourth-order valence-electron chi connectivity index (χ4n) is 2.24. The van der Waals surface area contributed by atoms with Gasteiger partial charge in [-0.05, 0) is 42.5 Å². The van der Waals surface area contributed by atoms with Crippen LogP contribution in [0.25, 0.3) is 0 Å². The number of pyridine rings is 1. The summed E-state index contributed by atoms with van der Waals surface area (Å²) in [5.41, 5.74) is 2.97. The molecule has 1 aliphatic rings. The molecule has 1 aromatic rings. The number of hydrogen-bond donors (Lipinski definition) is 2. The molecule has 7 heteroatoms. The molecule has 0 saturated carbocycles. The van der Waals surface area contributed by atoms with Crippen molar-refractivity contribution in [3.8, 4) is 0 Å². The normalized spacial score (nSPS) is 19.0. The van der Waals surface area contributed by atoms with Gasteiger partial charge in [0.25, 0.3) is 5.91 Å². The van der Waals surface area contributed by atoms with Crippen LogP contribution in [0, 0.1) is 0 Å². The number of likely N-dealkylation sites (N-methyl/N-ethyl adjacent to an activating group) is 1. The van der Waals surface area contributed by atoms with Crippen LogP contribution in [0.5, 0.6) is 0 Å². The van der Waals surface area contributed by atoms with E-state index in [0.717, 1.165) is 24.0 Å². The third-order valence-electron chi connectivity index (χ3n) is 3.40. The third kappa shape index (κ3) is 3.05. The number of anilines is 1. The molecule has 0 aromatic carbocycles. The van der Waals surface area contributed by atoms with Gasteiger partial charge >= 0.3 is 0 Å². The topological polar surface area (TPSA) is 74.5 Å². The van der Waals surface area contributed by atoms with Crippen LogP contribution in [0.4, 0.5) is 5.82 Å². The highest BCUT2D eigenvalue weighted by Gasteiger charge is 2.29. The minimum absolute atomic E-state index is 0.0360. The van der Waals surface area contributed by atoms with Gasteiger partial charge in [-0.1, -0.05) is 0 Å². The van der Waals surface area contributed by atoms with Gasteiger partial charge in [0, 0.05) is 29.8 Å². The molecule has 0 spiro atoms. The first-order valence-corrected chi connectivity index (χ1v) is 6.90. The summed E-state index contributed by atoms with van der Waals surface area (Å²) in [5.74, 6) is 5.77. The second-order valence-electron chi connectivity index (χ2n) is 4.85. The van der Waals surface area contributed by atoms with Gasteiger partial charge in [0.15, 0.2) is 5.82 Å². The number of aromatic nitrogens is 1. The second kappa shape index (κ2) is 5.85. The van der Waals surface area contributed by atoms with Crippen molar-refractivity contribution in [1.82, 2.24) is 14.8 Å². The highest BCUT2D eigenvalue weighted by atomic mass is 79.9. The molecule has 2 rings (SSSR count). The lowest BCUT2D eigenvalue weighted by atomic mass is 10.2. The standard InChI is InChI=1S/C12H18BrN5O/c1-17(2)9-3-4-18(7-9)12(19)10-5-8(13)6-15-11(10)16-14/h5-6,9H,3-4,7,14H2,1-2H3,(H,15,16). The van der Waals surface area contributed by atoms with Crippen molar-refractivity contribution in [2.24, 2.45) is 5.84 Å². The molecule has 1 atom stereocenters. The minimum Gasteiger partial charge on any atom is -0.337 e. The van der Waals surface area contributed by atoms with Crippen LogP contribution in [-0.4, -0.2) is 53.9 Å². The van der Waals surface area contributed by atoms with E-state index in [1.54, 1.807) is 12.3 Å². The molecule has 3 N–H and O–H groups in total. The molecule has 1 amide bonds. The lowest BCUT2D eigenvalue weighted by Gasteiger charge is -2.21. The van der Waals surface area contributed by atoms with Crippen LogP contribution >= 0.6 is 15.9 Å². The van der Waals surface area contributed by atoms with Crippen molar-refractivity contribution in [2.45, 2.75) is 12.5 Å². The van der Waals surface area contributed by atoms with Crippen LogP contribution in [0.1, 0.15) is 16.8 Å². The molecule has 0 radical (unpaired) electrons. The monoisotopic (exact) mass is 327 g/mol.